The lowest BCUT2D eigenvalue weighted by Crippen LogP contribution is -2.04. The number of methoxy groups -OCH3 is 1. The summed E-state index contributed by atoms with van der Waals surface area (Å²) in [6.07, 6.45) is 0. The molecule has 0 saturated carbocycles. The van der Waals surface area contributed by atoms with Gasteiger partial charge in [-0.05, 0) is 12.1 Å². The van der Waals surface area contributed by atoms with Crippen LogP contribution in [-0.4, -0.2) is 18.1 Å². The predicted molar refractivity (Wildman–Crippen MR) is 54.7 cm³/mol. The summed E-state index contributed by atoms with van der Waals surface area (Å²) in [5, 5.41) is 0. The Labute approximate surface area is 92.0 Å². The second kappa shape index (κ2) is 5.17. The maximum absolute atomic E-state index is 11.2. The Hall–Kier alpha value is -0.800. The van der Waals surface area contributed by atoms with E-state index in [0.717, 1.165) is 0 Å². The second-order valence-electron chi connectivity index (χ2n) is 2.60. The molecule has 76 valence electrons. The van der Waals surface area contributed by atoms with Crippen molar-refractivity contribution >= 4 is 29.2 Å². The molecule has 0 aromatic carbocycles. The van der Waals surface area contributed by atoms with Crippen LogP contribution in [0.5, 0.6) is 0 Å². The van der Waals surface area contributed by atoms with Crippen molar-refractivity contribution in [2.75, 3.05) is 7.11 Å². The lowest BCUT2D eigenvalue weighted by Gasteiger charge is -2.03. The van der Waals surface area contributed by atoms with E-state index in [2.05, 4.69) is 9.72 Å². The van der Waals surface area contributed by atoms with Crippen molar-refractivity contribution in [3.8, 4) is 0 Å². The molecule has 0 saturated heterocycles. The highest BCUT2D eigenvalue weighted by Gasteiger charge is 2.08. The topological polar surface area (TPSA) is 39.2 Å². The van der Waals surface area contributed by atoms with E-state index in [9.17, 15) is 4.79 Å². The molecule has 0 radical (unpaired) electrons. The maximum atomic E-state index is 11.2. The van der Waals surface area contributed by atoms with Gasteiger partial charge in [-0.15, -0.1) is 23.2 Å². The van der Waals surface area contributed by atoms with Crippen LogP contribution in [0.15, 0.2) is 12.1 Å². The summed E-state index contributed by atoms with van der Waals surface area (Å²) in [6, 6.07) is 3.18. The summed E-state index contributed by atoms with van der Waals surface area (Å²) >= 11 is 11.2. The molecule has 0 unspecified atom stereocenters. The van der Waals surface area contributed by atoms with Crippen molar-refractivity contribution in [1.29, 1.82) is 0 Å². The van der Waals surface area contributed by atoms with Crippen LogP contribution < -0.4 is 0 Å². The summed E-state index contributed by atoms with van der Waals surface area (Å²) in [5.41, 5.74) is 1.66. The zero-order valence-electron chi connectivity index (χ0n) is 7.59. The Morgan fingerprint density at radius 2 is 1.86 bits per heavy atom. The molecule has 3 nitrogen and oxygen atoms in total. The van der Waals surface area contributed by atoms with E-state index in [0.29, 0.717) is 17.0 Å². The fourth-order valence-electron chi connectivity index (χ4n) is 1.02. The molecule has 1 rings (SSSR count). The van der Waals surface area contributed by atoms with Gasteiger partial charge in [-0.1, -0.05) is 0 Å². The molecule has 1 aromatic rings. The third-order valence-electron chi connectivity index (χ3n) is 1.63. The number of esters is 1. The summed E-state index contributed by atoms with van der Waals surface area (Å²) < 4.78 is 4.58. The Morgan fingerprint density at radius 3 is 2.21 bits per heavy atom. The van der Waals surface area contributed by atoms with E-state index in [4.69, 9.17) is 23.2 Å². The first-order valence-electron chi connectivity index (χ1n) is 3.91. The van der Waals surface area contributed by atoms with Gasteiger partial charge < -0.3 is 4.74 Å². The monoisotopic (exact) mass is 233 g/mol. The van der Waals surface area contributed by atoms with Gasteiger partial charge in [-0.25, -0.2) is 4.79 Å². The number of carbonyl (C=O) groups is 1. The molecule has 1 aromatic heterocycles. The molecular weight excluding hydrogens is 225 g/mol. The van der Waals surface area contributed by atoms with Gasteiger partial charge >= 0.3 is 5.97 Å². The van der Waals surface area contributed by atoms with E-state index in [-0.39, 0.29) is 11.8 Å². The van der Waals surface area contributed by atoms with Gasteiger partial charge in [-0.2, -0.15) is 0 Å². The van der Waals surface area contributed by atoms with Crippen LogP contribution in [0.1, 0.15) is 21.7 Å². The zero-order chi connectivity index (χ0) is 10.6. The number of hydrogen-bond donors (Lipinski definition) is 0. The first-order chi connectivity index (χ1) is 6.71. The van der Waals surface area contributed by atoms with Crippen LogP contribution in [0.2, 0.25) is 0 Å². The summed E-state index contributed by atoms with van der Waals surface area (Å²) in [6.45, 7) is 0. The van der Waals surface area contributed by atoms with E-state index in [1.54, 1.807) is 12.1 Å². The molecule has 14 heavy (non-hydrogen) atoms. The van der Waals surface area contributed by atoms with Gasteiger partial charge in [0.1, 0.15) is 0 Å². The van der Waals surface area contributed by atoms with Crippen LogP contribution >= 0.6 is 23.2 Å². The normalized spacial score (nSPS) is 9.93. The van der Waals surface area contributed by atoms with Crippen molar-refractivity contribution in [1.82, 2.24) is 4.98 Å². The number of aromatic nitrogens is 1. The Kier molecular flexibility index (Phi) is 4.17. The molecular formula is C9H9Cl2NO2. The van der Waals surface area contributed by atoms with Crippen molar-refractivity contribution < 1.29 is 9.53 Å². The Morgan fingerprint density at radius 1 is 1.36 bits per heavy atom. The second-order valence-corrected chi connectivity index (χ2v) is 3.13. The largest absolute Gasteiger partial charge is 0.465 e. The lowest BCUT2D eigenvalue weighted by molar-refractivity contribution is 0.0600. The van der Waals surface area contributed by atoms with Crippen molar-refractivity contribution in [3.63, 3.8) is 0 Å². The first kappa shape index (κ1) is 11.3. The van der Waals surface area contributed by atoms with Crippen molar-refractivity contribution in [3.05, 3.63) is 29.1 Å². The standard InChI is InChI=1S/C9H9Cl2NO2/c1-14-9(13)6-2-7(4-10)12-8(3-6)5-11/h2-3H,4-5H2,1H3. The average Bonchev–Trinajstić information content (AvgIpc) is 2.27. The van der Waals surface area contributed by atoms with Gasteiger partial charge in [0.2, 0.25) is 0 Å². The van der Waals surface area contributed by atoms with Gasteiger partial charge in [-0.3, -0.25) is 4.98 Å². The van der Waals surface area contributed by atoms with Gasteiger partial charge in [0.15, 0.2) is 0 Å². The molecule has 0 N–H and O–H groups in total. The fraction of sp³-hybridized carbons (Fsp3) is 0.333. The number of nitrogens with zero attached hydrogens (tertiary/aromatic N) is 1. The zero-order valence-corrected chi connectivity index (χ0v) is 9.10. The minimum absolute atomic E-state index is 0.245. The molecule has 1 heterocycles. The number of rotatable bonds is 3. The van der Waals surface area contributed by atoms with Crippen LogP contribution in [0, 0.1) is 0 Å². The lowest BCUT2D eigenvalue weighted by atomic mass is 10.2. The molecule has 0 spiro atoms. The predicted octanol–water partition coefficient (Wildman–Crippen LogP) is 2.35. The van der Waals surface area contributed by atoms with E-state index < -0.39 is 5.97 Å². The van der Waals surface area contributed by atoms with E-state index >= 15 is 0 Å². The van der Waals surface area contributed by atoms with Gasteiger partial charge in [0, 0.05) is 0 Å². The molecule has 0 aliphatic rings. The van der Waals surface area contributed by atoms with Crippen LogP contribution in [0.3, 0.4) is 0 Å². The van der Waals surface area contributed by atoms with Crippen molar-refractivity contribution in [2.45, 2.75) is 11.8 Å². The minimum Gasteiger partial charge on any atom is -0.465 e. The molecule has 0 aliphatic heterocycles. The third kappa shape index (κ3) is 2.59. The number of alkyl halides is 2. The molecule has 5 heteroatoms. The van der Waals surface area contributed by atoms with Crippen molar-refractivity contribution in [2.24, 2.45) is 0 Å². The number of halogens is 2. The Bertz CT molecular complexity index is 319. The smallest absolute Gasteiger partial charge is 0.337 e. The van der Waals surface area contributed by atoms with E-state index in [1.807, 2.05) is 0 Å². The summed E-state index contributed by atoms with van der Waals surface area (Å²) in [4.78, 5) is 15.3. The molecule has 0 bridgehead atoms. The number of carbonyl (C=O) groups excluding carboxylic acids is 1. The van der Waals surface area contributed by atoms with E-state index in [1.165, 1.54) is 7.11 Å². The molecule has 0 fully saturated rings. The average molecular weight is 234 g/mol. The van der Waals surface area contributed by atoms with Gasteiger partial charge in [0.25, 0.3) is 0 Å². The highest BCUT2D eigenvalue weighted by Crippen LogP contribution is 2.11. The number of pyridine rings is 1. The maximum Gasteiger partial charge on any atom is 0.337 e. The Balaban J connectivity index is 3.10. The molecule has 0 aliphatic carbocycles. The van der Waals surface area contributed by atoms with Crippen LogP contribution in [0.25, 0.3) is 0 Å². The van der Waals surface area contributed by atoms with Crippen LogP contribution in [0.4, 0.5) is 0 Å². The fourth-order valence-corrected chi connectivity index (χ4v) is 1.30. The highest BCUT2D eigenvalue weighted by atomic mass is 35.5. The highest BCUT2D eigenvalue weighted by molar-refractivity contribution is 6.17. The first-order valence-corrected chi connectivity index (χ1v) is 4.98. The number of hydrogen-bond acceptors (Lipinski definition) is 3. The van der Waals surface area contributed by atoms with Crippen LogP contribution in [-0.2, 0) is 16.5 Å². The summed E-state index contributed by atoms with van der Waals surface area (Å²) in [5.74, 6) is 0.0776. The molecule has 0 atom stereocenters. The third-order valence-corrected chi connectivity index (χ3v) is 2.17. The minimum atomic E-state index is -0.412. The number of ether oxygens (including phenoxy) is 1. The quantitative estimate of drug-likeness (QED) is 0.595. The SMILES string of the molecule is COC(=O)c1cc(CCl)nc(CCl)c1. The van der Waals surface area contributed by atoms with Gasteiger partial charge in [0.05, 0.1) is 35.8 Å². The molecule has 0 amide bonds. The summed E-state index contributed by atoms with van der Waals surface area (Å²) in [7, 11) is 1.32.